The van der Waals surface area contributed by atoms with Crippen LogP contribution in [0.4, 0.5) is 0 Å². The van der Waals surface area contributed by atoms with Crippen molar-refractivity contribution in [2.75, 3.05) is 32.6 Å². The first-order valence-corrected chi connectivity index (χ1v) is 6.76. The molecule has 0 fully saturated rings. The van der Waals surface area contributed by atoms with Crippen LogP contribution in [0, 0.1) is 0 Å². The van der Waals surface area contributed by atoms with E-state index >= 15 is 0 Å². The molecule has 4 heteroatoms. The fourth-order valence-corrected chi connectivity index (χ4v) is 1.99. The fourth-order valence-electron chi connectivity index (χ4n) is 1.41. The number of ether oxygens (including phenoxy) is 1. The monoisotopic (exact) mass is 303 g/mol. The molecule has 0 N–H and O–H groups in total. The van der Waals surface area contributed by atoms with Crippen molar-refractivity contribution < 1.29 is 4.74 Å². The third kappa shape index (κ3) is 5.89. The molecule has 0 unspecified atom stereocenters. The summed E-state index contributed by atoms with van der Waals surface area (Å²) in [5, 5.41) is 0. The number of rotatable bonds is 7. The average Bonchev–Trinajstić information content (AvgIpc) is 2.24. The zero-order chi connectivity index (χ0) is 11.8. The lowest BCUT2D eigenvalue weighted by atomic mass is 10.2. The van der Waals surface area contributed by atoms with Crippen molar-refractivity contribution in [3.05, 3.63) is 34.3 Å². The predicted molar refractivity (Wildman–Crippen MR) is 75.1 cm³/mol. The van der Waals surface area contributed by atoms with Gasteiger partial charge in [0.05, 0.1) is 13.2 Å². The van der Waals surface area contributed by atoms with Crippen LogP contribution < -0.4 is 0 Å². The van der Waals surface area contributed by atoms with Crippen LogP contribution in [0.5, 0.6) is 0 Å². The number of halogens is 1. The molecule has 0 aliphatic carbocycles. The second-order valence-corrected chi connectivity index (χ2v) is 5.07. The number of hydrogen-bond donors (Lipinski definition) is 1. The standard InChI is InChI=1S/C12H18BrNOS/c1-14(5-6-15-7-8-16)10-11-3-2-4-12(13)9-11/h2-4,9,16H,5-8,10H2,1H3. The van der Waals surface area contributed by atoms with Crippen LogP contribution in [-0.4, -0.2) is 37.5 Å². The van der Waals surface area contributed by atoms with Crippen LogP contribution in [0.15, 0.2) is 28.7 Å². The van der Waals surface area contributed by atoms with E-state index in [1.54, 1.807) is 0 Å². The Hall–Kier alpha value is -0.0300. The van der Waals surface area contributed by atoms with Crippen molar-refractivity contribution in [1.82, 2.24) is 4.90 Å². The van der Waals surface area contributed by atoms with Gasteiger partial charge in [-0.05, 0) is 24.7 Å². The lowest BCUT2D eigenvalue weighted by molar-refractivity contribution is 0.122. The molecule has 0 saturated carbocycles. The van der Waals surface area contributed by atoms with E-state index < -0.39 is 0 Å². The molecule has 0 atom stereocenters. The van der Waals surface area contributed by atoms with Crippen molar-refractivity contribution in [2.45, 2.75) is 6.54 Å². The topological polar surface area (TPSA) is 12.5 Å². The second kappa shape index (κ2) is 8.12. The van der Waals surface area contributed by atoms with Gasteiger partial charge in [-0.3, -0.25) is 4.90 Å². The summed E-state index contributed by atoms with van der Waals surface area (Å²) < 4.78 is 6.52. The predicted octanol–water partition coefficient (Wildman–Crippen LogP) is 2.83. The Bertz CT molecular complexity index is 309. The summed E-state index contributed by atoms with van der Waals surface area (Å²) in [6.45, 7) is 3.39. The number of benzene rings is 1. The highest BCUT2D eigenvalue weighted by atomic mass is 79.9. The molecule has 1 aromatic rings. The van der Waals surface area contributed by atoms with E-state index in [0.717, 1.165) is 36.5 Å². The summed E-state index contributed by atoms with van der Waals surface area (Å²) >= 11 is 7.57. The lowest BCUT2D eigenvalue weighted by Gasteiger charge is -2.16. The number of nitrogens with zero attached hydrogens (tertiary/aromatic N) is 1. The van der Waals surface area contributed by atoms with Gasteiger partial charge in [0.25, 0.3) is 0 Å². The molecule has 90 valence electrons. The second-order valence-electron chi connectivity index (χ2n) is 3.70. The van der Waals surface area contributed by atoms with Gasteiger partial charge in [0.15, 0.2) is 0 Å². The summed E-state index contributed by atoms with van der Waals surface area (Å²) in [7, 11) is 2.10. The molecule has 2 nitrogen and oxygen atoms in total. The van der Waals surface area contributed by atoms with Gasteiger partial charge in [-0.15, -0.1) is 0 Å². The zero-order valence-corrected chi connectivity index (χ0v) is 12.0. The lowest BCUT2D eigenvalue weighted by Crippen LogP contribution is -2.23. The fraction of sp³-hybridized carbons (Fsp3) is 0.500. The maximum absolute atomic E-state index is 5.39. The minimum absolute atomic E-state index is 0.730. The maximum atomic E-state index is 5.39. The van der Waals surface area contributed by atoms with Crippen LogP contribution in [-0.2, 0) is 11.3 Å². The van der Waals surface area contributed by atoms with Crippen molar-refractivity contribution in [3.63, 3.8) is 0 Å². The van der Waals surface area contributed by atoms with Gasteiger partial charge >= 0.3 is 0 Å². The van der Waals surface area contributed by atoms with Crippen LogP contribution in [0.2, 0.25) is 0 Å². The molecule has 0 saturated heterocycles. The molecule has 0 bridgehead atoms. The van der Waals surface area contributed by atoms with Crippen molar-refractivity contribution in [3.8, 4) is 0 Å². The zero-order valence-electron chi connectivity index (χ0n) is 9.53. The summed E-state index contributed by atoms with van der Waals surface area (Å²) in [5.74, 6) is 0.787. The van der Waals surface area contributed by atoms with Crippen molar-refractivity contribution >= 4 is 28.6 Å². The van der Waals surface area contributed by atoms with Crippen LogP contribution in [0.3, 0.4) is 0 Å². The summed E-state index contributed by atoms with van der Waals surface area (Å²) in [6.07, 6.45) is 0. The van der Waals surface area contributed by atoms with Crippen molar-refractivity contribution in [2.24, 2.45) is 0 Å². The minimum Gasteiger partial charge on any atom is -0.379 e. The van der Waals surface area contributed by atoms with Gasteiger partial charge in [-0.25, -0.2) is 0 Å². The Morgan fingerprint density at radius 2 is 2.19 bits per heavy atom. The number of hydrogen-bond acceptors (Lipinski definition) is 3. The maximum Gasteiger partial charge on any atom is 0.0593 e. The molecule has 0 aliphatic heterocycles. The first-order valence-electron chi connectivity index (χ1n) is 5.34. The van der Waals surface area contributed by atoms with Gasteiger partial charge in [0, 0.05) is 23.3 Å². The first-order chi connectivity index (χ1) is 7.72. The van der Waals surface area contributed by atoms with E-state index in [9.17, 15) is 0 Å². The third-order valence-corrected chi connectivity index (χ3v) is 2.87. The first kappa shape index (κ1) is 14.0. The summed E-state index contributed by atoms with van der Waals surface area (Å²) in [6, 6.07) is 8.38. The van der Waals surface area contributed by atoms with E-state index in [0.29, 0.717) is 0 Å². The highest BCUT2D eigenvalue weighted by Crippen LogP contribution is 2.12. The smallest absolute Gasteiger partial charge is 0.0593 e. The quantitative estimate of drug-likeness (QED) is 0.614. The Morgan fingerprint density at radius 1 is 1.38 bits per heavy atom. The Morgan fingerprint density at radius 3 is 2.88 bits per heavy atom. The molecule has 0 aliphatic rings. The van der Waals surface area contributed by atoms with Crippen LogP contribution >= 0.6 is 28.6 Å². The normalized spacial score (nSPS) is 11.0. The highest BCUT2D eigenvalue weighted by molar-refractivity contribution is 9.10. The van der Waals surface area contributed by atoms with E-state index in [1.165, 1.54) is 5.56 Å². The number of thiol groups is 1. The summed E-state index contributed by atoms with van der Waals surface area (Å²) in [5.41, 5.74) is 1.31. The largest absolute Gasteiger partial charge is 0.379 e. The summed E-state index contributed by atoms with van der Waals surface area (Å²) in [4.78, 5) is 2.25. The van der Waals surface area contributed by atoms with E-state index in [2.05, 4.69) is 58.7 Å². The molecule has 0 spiro atoms. The molecule has 1 rings (SSSR count). The molecule has 0 radical (unpaired) electrons. The minimum atomic E-state index is 0.730. The Labute approximate surface area is 112 Å². The molecule has 0 aromatic heterocycles. The van der Waals surface area contributed by atoms with Crippen LogP contribution in [0.25, 0.3) is 0 Å². The molecular weight excluding hydrogens is 286 g/mol. The molecule has 1 aromatic carbocycles. The molecule has 0 heterocycles. The number of likely N-dealkylation sites (N-methyl/N-ethyl adjacent to an activating group) is 1. The molecule has 0 amide bonds. The van der Waals surface area contributed by atoms with E-state index in [-0.39, 0.29) is 0 Å². The SMILES string of the molecule is CN(CCOCCS)Cc1cccc(Br)c1. The van der Waals surface area contributed by atoms with Gasteiger partial charge in [0.2, 0.25) is 0 Å². The van der Waals surface area contributed by atoms with Crippen LogP contribution in [0.1, 0.15) is 5.56 Å². The average molecular weight is 304 g/mol. The molecular formula is C12H18BrNOS. The molecule has 16 heavy (non-hydrogen) atoms. The highest BCUT2D eigenvalue weighted by Gasteiger charge is 2.00. The third-order valence-electron chi connectivity index (χ3n) is 2.19. The Balaban J connectivity index is 2.25. The van der Waals surface area contributed by atoms with Gasteiger partial charge in [0.1, 0.15) is 0 Å². The van der Waals surface area contributed by atoms with Gasteiger partial charge < -0.3 is 4.74 Å². The Kier molecular flexibility index (Phi) is 7.12. The van der Waals surface area contributed by atoms with Gasteiger partial charge in [-0.2, -0.15) is 12.6 Å². The van der Waals surface area contributed by atoms with E-state index in [1.807, 2.05) is 6.07 Å². The van der Waals surface area contributed by atoms with E-state index in [4.69, 9.17) is 4.74 Å². The van der Waals surface area contributed by atoms with Crippen molar-refractivity contribution in [1.29, 1.82) is 0 Å². The van der Waals surface area contributed by atoms with Gasteiger partial charge in [-0.1, -0.05) is 28.1 Å².